The monoisotopic (exact) mass is 452 g/mol. The van der Waals surface area contributed by atoms with E-state index in [9.17, 15) is 4.79 Å². The van der Waals surface area contributed by atoms with Gasteiger partial charge in [-0.15, -0.1) is 37.2 Å². The second-order valence-electron chi connectivity index (χ2n) is 7.31. The third-order valence-corrected chi connectivity index (χ3v) is 5.32. The summed E-state index contributed by atoms with van der Waals surface area (Å²) in [5, 5.41) is 6.40. The second kappa shape index (κ2) is 14.3. The number of rotatable bonds is 6. The van der Waals surface area contributed by atoms with E-state index in [1.807, 2.05) is 0 Å². The summed E-state index contributed by atoms with van der Waals surface area (Å²) in [6, 6.07) is 8.80. The number of amides is 1. The van der Waals surface area contributed by atoms with E-state index in [-0.39, 0.29) is 49.2 Å². The van der Waals surface area contributed by atoms with E-state index in [4.69, 9.17) is 0 Å². The largest absolute Gasteiger partial charge is 0.369 e. The molecule has 1 atom stereocenters. The highest BCUT2D eigenvalue weighted by Gasteiger charge is 2.20. The standard InChI is InChI=1S/C20H32N4O.3ClH/c1-17-6-4-7-18(16-17)24-14-12-23(13-15-24)11-5-10-22-20(25)19-8-2-3-9-21-19;;;/h4,6-7,16,19,21H,2-3,5,8-15H2,1H3,(H,22,25);3*1H. The van der Waals surface area contributed by atoms with E-state index in [2.05, 4.69) is 51.6 Å². The zero-order valence-corrected chi connectivity index (χ0v) is 19.1. The molecule has 3 rings (SSSR count). The first-order valence-electron chi connectivity index (χ1n) is 9.77. The smallest absolute Gasteiger partial charge is 0.237 e. The van der Waals surface area contributed by atoms with Crippen molar-refractivity contribution in [3.05, 3.63) is 29.8 Å². The maximum absolute atomic E-state index is 12.1. The Labute approximate surface area is 188 Å². The molecule has 2 aliphatic rings. The molecule has 0 aromatic heterocycles. The lowest BCUT2D eigenvalue weighted by Gasteiger charge is -2.36. The first-order valence-corrected chi connectivity index (χ1v) is 9.77. The molecular weight excluding hydrogens is 419 g/mol. The van der Waals surface area contributed by atoms with Gasteiger partial charge in [0.2, 0.25) is 5.91 Å². The first-order chi connectivity index (χ1) is 12.2. The number of halogens is 3. The maximum Gasteiger partial charge on any atom is 0.237 e. The number of carbonyl (C=O) groups is 1. The van der Waals surface area contributed by atoms with Crippen molar-refractivity contribution >= 4 is 48.8 Å². The summed E-state index contributed by atoms with van der Waals surface area (Å²) in [4.78, 5) is 17.1. The van der Waals surface area contributed by atoms with Crippen LogP contribution in [0.4, 0.5) is 5.69 Å². The van der Waals surface area contributed by atoms with Gasteiger partial charge in [0.05, 0.1) is 6.04 Å². The van der Waals surface area contributed by atoms with E-state index in [0.717, 1.165) is 65.1 Å². The number of hydrogen-bond acceptors (Lipinski definition) is 4. The fraction of sp³-hybridized carbons (Fsp3) is 0.650. The molecule has 1 aromatic rings. The molecule has 1 amide bonds. The Hall–Kier alpha value is -0.720. The highest BCUT2D eigenvalue weighted by Crippen LogP contribution is 2.17. The average molecular weight is 454 g/mol. The summed E-state index contributed by atoms with van der Waals surface area (Å²) >= 11 is 0. The van der Waals surface area contributed by atoms with Crippen molar-refractivity contribution in [2.45, 2.75) is 38.6 Å². The van der Waals surface area contributed by atoms with Gasteiger partial charge in [0, 0.05) is 38.4 Å². The predicted octanol–water partition coefficient (Wildman–Crippen LogP) is 3.03. The fourth-order valence-electron chi connectivity index (χ4n) is 3.77. The number of nitrogens with one attached hydrogen (secondary N) is 2. The van der Waals surface area contributed by atoms with Crippen LogP contribution < -0.4 is 15.5 Å². The molecule has 2 heterocycles. The van der Waals surface area contributed by atoms with Crippen LogP contribution in [0.2, 0.25) is 0 Å². The lowest BCUT2D eigenvalue weighted by atomic mass is 10.0. The summed E-state index contributed by atoms with van der Waals surface area (Å²) in [5.41, 5.74) is 2.66. The highest BCUT2D eigenvalue weighted by atomic mass is 35.5. The molecule has 0 aliphatic carbocycles. The van der Waals surface area contributed by atoms with Gasteiger partial charge >= 0.3 is 0 Å². The Morgan fingerprint density at radius 3 is 2.54 bits per heavy atom. The lowest BCUT2D eigenvalue weighted by molar-refractivity contribution is -0.123. The molecule has 162 valence electrons. The molecule has 1 aromatic carbocycles. The minimum absolute atomic E-state index is 0. The van der Waals surface area contributed by atoms with Crippen LogP contribution in [0.5, 0.6) is 0 Å². The molecule has 2 saturated heterocycles. The van der Waals surface area contributed by atoms with Crippen LogP contribution in [0.25, 0.3) is 0 Å². The lowest BCUT2D eigenvalue weighted by Crippen LogP contribution is -2.48. The summed E-state index contributed by atoms with van der Waals surface area (Å²) < 4.78 is 0. The number of nitrogens with zero attached hydrogens (tertiary/aromatic N) is 2. The van der Waals surface area contributed by atoms with Crippen molar-refractivity contribution in [1.29, 1.82) is 0 Å². The van der Waals surface area contributed by atoms with E-state index < -0.39 is 0 Å². The van der Waals surface area contributed by atoms with Crippen molar-refractivity contribution in [2.24, 2.45) is 0 Å². The zero-order valence-electron chi connectivity index (χ0n) is 16.7. The van der Waals surface area contributed by atoms with Gasteiger partial charge in [-0.25, -0.2) is 0 Å². The Kier molecular flexibility index (Phi) is 13.9. The minimum Gasteiger partial charge on any atom is -0.369 e. The third kappa shape index (κ3) is 8.34. The Morgan fingerprint density at radius 1 is 1.14 bits per heavy atom. The van der Waals surface area contributed by atoms with Gasteiger partial charge in [0.25, 0.3) is 0 Å². The van der Waals surface area contributed by atoms with Crippen molar-refractivity contribution < 1.29 is 4.79 Å². The van der Waals surface area contributed by atoms with E-state index in [0.29, 0.717) is 0 Å². The topological polar surface area (TPSA) is 47.6 Å². The van der Waals surface area contributed by atoms with Crippen molar-refractivity contribution in [3.63, 3.8) is 0 Å². The van der Waals surface area contributed by atoms with Crippen molar-refractivity contribution in [1.82, 2.24) is 15.5 Å². The molecule has 0 spiro atoms. The van der Waals surface area contributed by atoms with Gasteiger partial charge < -0.3 is 15.5 Å². The number of carbonyl (C=O) groups excluding carboxylic acids is 1. The molecule has 5 nitrogen and oxygen atoms in total. The van der Waals surface area contributed by atoms with Gasteiger partial charge in [-0.3, -0.25) is 9.69 Å². The van der Waals surface area contributed by atoms with Crippen molar-refractivity contribution in [3.8, 4) is 0 Å². The Balaban J connectivity index is 0.00000243. The van der Waals surface area contributed by atoms with Gasteiger partial charge in [-0.1, -0.05) is 18.6 Å². The fourth-order valence-corrected chi connectivity index (χ4v) is 3.77. The normalized spacial score (nSPS) is 19.6. The second-order valence-corrected chi connectivity index (χ2v) is 7.31. The van der Waals surface area contributed by atoms with Gasteiger partial charge in [0.15, 0.2) is 0 Å². The molecule has 2 aliphatic heterocycles. The summed E-state index contributed by atoms with van der Waals surface area (Å²) in [6.07, 6.45) is 4.37. The van der Waals surface area contributed by atoms with E-state index >= 15 is 0 Å². The molecule has 0 saturated carbocycles. The molecule has 8 heteroatoms. The summed E-state index contributed by atoms with van der Waals surface area (Å²) in [6.45, 7) is 9.36. The van der Waals surface area contributed by atoms with Gasteiger partial charge in [-0.2, -0.15) is 0 Å². The average Bonchev–Trinajstić information content (AvgIpc) is 2.66. The van der Waals surface area contributed by atoms with Gasteiger partial charge in [-0.05, 0) is 57.0 Å². The number of hydrogen-bond donors (Lipinski definition) is 2. The first kappa shape index (κ1) is 27.3. The van der Waals surface area contributed by atoms with Crippen LogP contribution >= 0.6 is 37.2 Å². The van der Waals surface area contributed by atoms with Crippen LogP contribution in [-0.2, 0) is 4.79 Å². The van der Waals surface area contributed by atoms with E-state index in [1.54, 1.807) is 0 Å². The van der Waals surface area contributed by atoms with Crippen LogP contribution in [0.1, 0.15) is 31.2 Å². The molecule has 2 fully saturated rings. The number of benzene rings is 1. The molecule has 28 heavy (non-hydrogen) atoms. The van der Waals surface area contributed by atoms with E-state index in [1.165, 1.54) is 17.7 Å². The number of piperidine rings is 1. The molecular formula is C20H35Cl3N4O. The van der Waals surface area contributed by atoms with Crippen molar-refractivity contribution in [2.75, 3.05) is 50.7 Å². The predicted molar refractivity (Wildman–Crippen MR) is 125 cm³/mol. The molecule has 0 bridgehead atoms. The van der Waals surface area contributed by atoms with Crippen LogP contribution in [0, 0.1) is 6.92 Å². The van der Waals surface area contributed by atoms with Crippen LogP contribution in [0.15, 0.2) is 24.3 Å². The number of aryl methyl sites for hydroxylation is 1. The third-order valence-electron chi connectivity index (χ3n) is 5.32. The molecule has 0 radical (unpaired) electrons. The number of piperazine rings is 1. The SMILES string of the molecule is Cc1cccc(N2CCN(CCCNC(=O)C3CCCCN3)CC2)c1.Cl.Cl.Cl. The Morgan fingerprint density at radius 2 is 1.89 bits per heavy atom. The zero-order chi connectivity index (χ0) is 17.5. The maximum atomic E-state index is 12.1. The molecule has 1 unspecified atom stereocenters. The van der Waals surface area contributed by atoms with Crippen LogP contribution in [0.3, 0.4) is 0 Å². The van der Waals surface area contributed by atoms with Crippen LogP contribution in [-0.4, -0.2) is 62.7 Å². The number of anilines is 1. The Bertz CT molecular complexity index is 562. The summed E-state index contributed by atoms with van der Waals surface area (Å²) in [7, 11) is 0. The minimum atomic E-state index is 0. The summed E-state index contributed by atoms with van der Waals surface area (Å²) in [5.74, 6) is 0.184. The van der Waals surface area contributed by atoms with Gasteiger partial charge in [0.1, 0.15) is 0 Å². The quantitative estimate of drug-likeness (QED) is 0.650. The highest BCUT2D eigenvalue weighted by molar-refractivity contribution is 5.86. The molecule has 2 N–H and O–H groups in total.